The fourth-order valence-electron chi connectivity index (χ4n) is 6.50. The molecule has 2 fully saturated rings. The zero-order chi connectivity index (χ0) is 37.7. The number of rotatable bonds is 17. The molecule has 0 unspecified atom stereocenters. The molecule has 1 saturated carbocycles. The molecule has 0 bridgehead atoms. The van der Waals surface area contributed by atoms with Crippen molar-refractivity contribution in [1.82, 2.24) is 15.0 Å². The van der Waals surface area contributed by atoms with Crippen molar-refractivity contribution in [1.29, 1.82) is 0 Å². The monoisotopic (exact) mass is 759 g/mol. The van der Waals surface area contributed by atoms with Crippen LogP contribution in [0.25, 0.3) is 0 Å². The van der Waals surface area contributed by atoms with Crippen molar-refractivity contribution in [2.24, 2.45) is 17.3 Å². The number of H-pyrrole nitrogens is 1. The Labute approximate surface area is 310 Å². The summed E-state index contributed by atoms with van der Waals surface area (Å²) >= 11 is 6.17. The maximum atomic E-state index is 12.8. The molecule has 4 rings (SSSR count). The summed E-state index contributed by atoms with van der Waals surface area (Å²) in [5.41, 5.74) is 2.36. The largest absolute Gasteiger partial charge is 0.464 e. The van der Waals surface area contributed by atoms with E-state index in [0.29, 0.717) is 24.3 Å². The van der Waals surface area contributed by atoms with Gasteiger partial charge in [0.1, 0.15) is 6.61 Å². The van der Waals surface area contributed by atoms with Crippen molar-refractivity contribution < 1.29 is 41.4 Å². The molecule has 2 aliphatic rings. The molecule has 0 spiro atoms. The van der Waals surface area contributed by atoms with Gasteiger partial charge in [0.15, 0.2) is 13.2 Å². The third-order valence-electron chi connectivity index (χ3n) is 9.76. The first-order chi connectivity index (χ1) is 24.9. The number of benzene rings is 1. The lowest BCUT2D eigenvalue weighted by molar-refractivity contribution is -0.744. The van der Waals surface area contributed by atoms with Gasteiger partial charge in [-0.3, -0.25) is 19.4 Å². The third-order valence-corrected chi connectivity index (χ3v) is 11.8. The minimum atomic E-state index is -4.23. The molecule has 13 nitrogen and oxygen atoms in total. The van der Waals surface area contributed by atoms with Crippen LogP contribution in [-0.4, -0.2) is 100 Å². The second-order valence-electron chi connectivity index (χ2n) is 13.2. The van der Waals surface area contributed by atoms with E-state index in [-0.39, 0.29) is 47.6 Å². The number of nitrogens with zero attached hydrogens (tertiary/aromatic N) is 3. The van der Waals surface area contributed by atoms with E-state index in [9.17, 15) is 22.9 Å². The Morgan fingerprint density at radius 2 is 1.71 bits per heavy atom. The summed E-state index contributed by atoms with van der Waals surface area (Å²) in [5.74, 6) is 4.76. The molecule has 1 aromatic carbocycles. The van der Waals surface area contributed by atoms with Gasteiger partial charge >= 0.3 is 22.8 Å². The summed E-state index contributed by atoms with van der Waals surface area (Å²) in [6.07, 6.45) is 4.92. The molecule has 52 heavy (non-hydrogen) atoms. The smallest absolute Gasteiger partial charge is 0.404 e. The van der Waals surface area contributed by atoms with Crippen LogP contribution in [0.15, 0.2) is 81.8 Å². The molecule has 282 valence electrons. The maximum Gasteiger partial charge on any atom is 0.404 e. The molecule has 15 heteroatoms. The average molecular weight is 760 g/mol. The lowest BCUT2D eigenvalue weighted by Gasteiger charge is -2.45. The second kappa shape index (κ2) is 19.1. The van der Waals surface area contributed by atoms with Crippen LogP contribution >= 0.6 is 11.6 Å². The Morgan fingerprint density at radius 3 is 2.38 bits per heavy atom. The van der Waals surface area contributed by atoms with E-state index in [4.69, 9.17) is 25.8 Å². The van der Waals surface area contributed by atoms with Crippen molar-refractivity contribution in [2.75, 3.05) is 65.0 Å². The van der Waals surface area contributed by atoms with Crippen LogP contribution in [0.2, 0.25) is 0 Å². The van der Waals surface area contributed by atoms with Crippen LogP contribution in [0.4, 0.5) is 0 Å². The van der Waals surface area contributed by atoms with Gasteiger partial charge in [0.2, 0.25) is 4.60 Å². The number of aromatic nitrogens is 2. The SMILES string of the molecule is C=C[C@]1(C)CC[C@@H](C(=C)CN2CCN(CCOC(=O)CCC(=O)OCC#CCOc3[nH]o[n+](=O)c3S(=O)(=O)c3ccccc3)CC2)C[C@H]1C(=C)CCl. The second-order valence-corrected chi connectivity index (χ2v) is 15.4. The molecule has 3 atom stereocenters. The number of sulfone groups is 1. The van der Waals surface area contributed by atoms with Crippen molar-refractivity contribution in [3.05, 3.63) is 72.2 Å². The van der Waals surface area contributed by atoms with E-state index in [1.54, 1.807) is 6.07 Å². The summed E-state index contributed by atoms with van der Waals surface area (Å²) in [5, 5.41) is 1.35. The van der Waals surface area contributed by atoms with Crippen LogP contribution < -0.4 is 9.34 Å². The Bertz CT molecular complexity index is 1810. The highest BCUT2D eigenvalue weighted by Crippen LogP contribution is 2.49. The predicted molar refractivity (Wildman–Crippen MR) is 194 cm³/mol. The maximum absolute atomic E-state index is 12.8. The van der Waals surface area contributed by atoms with E-state index in [1.165, 1.54) is 29.8 Å². The summed E-state index contributed by atoms with van der Waals surface area (Å²) in [4.78, 5) is 40.8. The third kappa shape index (κ3) is 10.9. The van der Waals surface area contributed by atoms with Crippen molar-refractivity contribution in [2.45, 2.75) is 48.9 Å². The number of halogens is 1. The summed E-state index contributed by atoms with van der Waals surface area (Å²) in [6.45, 7) is 19.7. The van der Waals surface area contributed by atoms with E-state index in [1.807, 2.05) is 0 Å². The van der Waals surface area contributed by atoms with E-state index < -0.39 is 32.7 Å². The minimum Gasteiger partial charge on any atom is -0.464 e. The molecule has 2 heterocycles. The standard InChI is InChI=1S/C37H48ClN4O9S/c1-5-37(4)16-15-30(25-32(37)28(2)26-38)29(3)27-41-19-17-40(18-20-41)21-24-49-34(44)14-13-33(43)48-22-9-10-23-50-35-36(42(45)51-39-35)52(46,47)31-11-7-6-8-12-31/h5-8,11-12,30,32,39H,1-3,13-27H2,4H3/q+1/t30-,32+,37-/m1/s1. The number of piperazine rings is 1. The fraction of sp³-hybridized carbons (Fsp3) is 0.514. The molecule has 1 N–H and O–H groups in total. The Balaban J connectivity index is 1.07. The molecule has 1 aliphatic carbocycles. The molecular formula is C37H48ClN4O9S+. The van der Waals surface area contributed by atoms with Gasteiger partial charge in [-0.2, -0.15) is 0 Å². The van der Waals surface area contributed by atoms with Crippen molar-refractivity contribution in [3.63, 3.8) is 0 Å². The summed E-state index contributed by atoms with van der Waals surface area (Å²) in [7, 11) is -4.23. The first-order valence-corrected chi connectivity index (χ1v) is 19.2. The fourth-order valence-corrected chi connectivity index (χ4v) is 8.00. The highest BCUT2D eigenvalue weighted by molar-refractivity contribution is 7.91. The van der Waals surface area contributed by atoms with Crippen molar-refractivity contribution in [3.8, 4) is 17.7 Å². The molecular weight excluding hydrogens is 712 g/mol. The number of carbonyl (C=O) groups is 2. The Kier molecular flexibility index (Phi) is 14.9. The van der Waals surface area contributed by atoms with Crippen LogP contribution in [0, 0.1) is 34.0 Å². The van der Waals surface area contributed by atoms with Crippen molar-refractivity contribution >= 4 is 33.4 Å². The van der Waals surface area contributed by atoms with Gasteiger partial charge in [-0.1, -0.05) is 72.0 Å². The number of aromatic amines is 1. The van der Waals surface area contributed by atoms with Crippen LogP contribution in [0.5, 0.6) is 5.88 Å². The quantitative estimate of drug-likeness (QED) is 0.107. The first kappa shape index (κ1) is 40.6. The normalized spacial score (nSPS) is 21.0. The number of nitrogens with one attached hydrogen (secondary N) is 1. The zero-order valence-corrected chi connectivity index (χ0v) is 31.2. The van der Waals surface area contributed by atoms with Gasteiger partial charge in [0.25, 0.3) is 9.84 Å². The molecule has 1 saturated heterocycles. The number of allylic oxidation sites excluding steroid dienone is 2. The zero-order valence-electron chi connectivity index (χ0n) is 29.6. The molecule has 1 aromatic heterocycles. The summed E-state index contributed by atoms with van der Waals surface area (Å²) in [6, 6.07) is 7.32. The number of ether oxygens (including phenoxy) is 3. The topological polar surface area (TPSA) is 154 Å². The number of carbonyl (C=O) groups excluding carboxylic acids is 2. The van der Waals surface area contributed by atoms with Gasteiger partial charge in [0, 0.05) is 45.1 Å². The Morgan fingerprint density at radius 1 is 1.06 bits per heavy atom. The van der Waals surface area contributed by atoms with E-state index >= 15 is 0 Å². The first-order valence-electron chi connectivity index (χ1n) is 17.2. The lowest BCUT2D eigenvalue weighted by atomic mass is 9.61. The van der Waals surface area contributed by atoms with Gasteiger partial charge in [-0.25, -0.2) is 8.42 Å². The van der Waals surface area contributed by atoms with Gasteiger partial charge in [-0.05, 0) is 58.7 Å². The highest BCUT2D eigenvalue weighted by atomic mass is 35.5. The van der Waals surface area contributed by atoms with Crippen LogP contribution in [0.3, 0.4) is 0 Å². The molecule has 0 amide bonds. The van der Waals surface area contributed by atoms with E-state index in [2.05, 4.69) is 64.2 Å². The predicted octanol–water partition coefficient (Wildman–Crippen LogP) is 4.18. The van der Waals surface area contributed by atoms with Gasteiger partial charge in [0.05, 0.1) is 17.7 Å². The van der Waals surface area contributed by atoms with Crippen LogP contribution in [0.1, 0.15) is 39.0 Å². The van der Waals surface area contributed by atoms with Crippen LogP contribution in [-0.2, 0) is 28.9 Å². The molecule has 1 aliphatic heterocycles. The van der Waals surface area contributed by atoms with Gasteiger partial charge in [-0.15, -0.1) is 18.2 Å². The number of alkyl halides is 1. The number of esters is 2. The Hall–Kier alpha value is -4.16. The molecule has 0 radical (unpaired) electrons. The minimum absolute atomic E-state index is 0.0212. The lowest BCUT2D eigenvalue weighted by Crippen LogP contribution is -2.48. The summed E-state index contributed by atoms with van der Waals surface area (Å²) < 4.78 is 45.5. The molecule has 2 aromatic rings. The number of hydrogen-bond donors (Lipinski definition) is 1. The number of hydrogen-bond acceptors (Lipinski definition) is 11. The van der Waals surface area contributed by atoms with E-state index in [0.717, 1.165) is 57.6 Å². The average Bonchev–Trinajstić information content (AvgIpc) is 3.53. The van der Waals surface area contributed by atoms with Gasteiger partial charge < -0.3 is 14.2 Å². The highest BCUT2D eigenvalue weighted by Gasteiger charge is 2.40.